The fourth-order valence-electron chi connectivity index (χ4n) is 2.55. The number of aliphatic hydroxyl groups is 1. The lowest BCUT2D eigenvalue weighted by Crippen LogP contribution is -2.48. The molecule has 1 heterocycles. The molecule has 1 aliphatic heterocycles. The van der Waals surface area contributed by atoms with Crippen molar-refractivity contribution in [3.8, 4) is 0 Å². The number of carbonyl (C=O) groups excluding carboxylic acids is 1. The van der Waals surface area contributed by atoms with Crippen LogP contribution in [0.5, 0.6) is 0 Å². The summed E-state index contributed by atoms with van der Waals surface area (Å²) in [5.74, 6) is -0.174. The van der Waals surface area contributed by atoms with Gasteiger partial charge >= 0.3 is 0 Å². The summed E-state index contributed by atoms with van der Waals surface area (Å²) in [5, 5.41) is 21.1. The molecular formula is C14H18N2O4. The number of amides is 1. The van der Waals surface area contributed by atoms with Crippen molar-refractivity contribution in [2.45, 2.75) is 39.5 Å². The lowest BCUT2D eigenvalue weighted by Gasteiger charge is -2.40. The molecule has 0 bridgehead atoms. The SMILES string of the molecule is CC1(C)CC(=O)N(Cc2ccccc2[N+](=O)[O-])C(O)C1. The third-order valence-corrected chi connectivity index (χ3v) is 3.57. The number of para-hydroxylation sites is 1. The zero-order chi connectivity index (χ0) is 14.9. The van der Waals surface area contributed by atoms with Crippen LogP contribution in [-0.4, -0.2) is 27.1 Å². The monoisotopic (exact) mass is 278 g/mol. The van der Waals surface area contributed by atoms with Gasteiger partial charge in [0.05, 0.1) is 11.5 Å². The normalized spacial score (nSPS) is 21.9. The Morgan fingerprint density at radius 1 is 1.45 bits per heavy atom. The average molecular weight is 278 g/mol. The Morgan fingerprint density at radius 2 is 2.10 bits per heavy atom. The van der Waals surface area contributed by atoms with E-state index < -0.39 is 11.2 Å². The highest BCUT2D eigenvalue weighted by molar-refractivity contribution is 5.78. The van der Waals surface area contributed by atoms with Gasteiger partial charge in [-0.05, 0) is 11.8 Å². The van der Waals surface area contributed by atoms with E-state index in [0.29, 0.717) is 18.4 Å². The maximum Gasteiger partial charge on any atom is 0.274 e. The highest BCUT2D eigenvalue weighted by atomic mass is 16.6. The Balaban J connectivity index is 2.22. The van der Waals surface area contributed by atoms with E-state index >= 15 is 0 Å². The van der Waals surface area contributed by atoms with Crippen LogP contribution in [0.25, 0.3) is 0 Å². The summed E-state index contributed by atoms with van der Waals surface area (Å²) in [6, 6.07) is 6.28. The molecule has 108 valence electrons. The number of nitrogens with zero attached hydrogens (tertiary/aromatic N) is 2. The van der Waals surface area contributed by atoms with E-state index in [-0.39, 0.29) is 23.6 Å². The second kappa shape index (κ2) is 5.20. The van der Waals surface area contributed by atoms with Gasteiger partial charge in [-0.1, -0.05) is 32.0 Å². The minimum atomic E-state index is -0.897. The predicted octanol–water partition coefficient (Wildman–Crippen LogP) is 2.06. The molecule has 6 heteroatoms. The van der Waals surface area contributed by atoms with Gasteiger partial charge in [-0.3, -0.25) is 14.9 Å². The molecule has 0 saturated carbocycles. The third-order valence-electron chi connectivity index (χ3n) is 3.57. The summed E-state index contributed by atoms with van der Waals surface area (Å²) in [7, 11) is 0. The predicted molar refractivity (Wildman–Crippen MR) is 72.7 cm³/mol. The quantitative estimate of drug-likeness (QED) is 0.677. The molecule has 1 atom stereocenters. The lowest BCUT2D eigenvalue weighted by atomic mass is 9.81. The summed E-state index contributed by atoms with van der Waals surface area (Å²) < 4.78 is 0. The minimum Gasteiger partial charge on any atom is -0.373 e. The van der Waals surface area contributed by atoms with E-state index in [1.165, 1.54) is 11.0 Å². The third kappa shape index (κ3) is 2.96. The van der Waals surface area contributed by atoms with Gasteiger partial charge in [-0.25, -0.2) is 0 Å². The molecule has 0 aromatic heterocycles. The van der Waals surface area contributed by atoms with Gasteiger partial charge in [-0.2, -0.15) is 0 Å². The Kier molecular flexibility index (Phi) is 3.76. The van der Waals surface area contributed by atoms with Crippen molar-refractivity contribution in [3.05, 3.63) is 39.9 Å². The second-order valence-corrected chi connectivity index (χ2v) is 5.93. The van der Waals surface area contributed by atoms with Crippen molar-refractivity contribution >= 4 is 11.6 Å². The molecule has 1 N–H and O–H groups in total. The standard InChI is InChI=1S/C14H18N2O4/c1-14(2)7-12(17)15(13(18)8-14)9-10-5-3-4-6-11(10)16(19)20/h3-6,12,17H,7-9H2,1-2H3. The number of benzene rings is 1. The van der Waals surface area contributed by atoms with Crippen LogP contribution in [0, 0.1) is 15.5 Å². The summed E-state index contributed by atoms with van der Waals surface area (Å²) in [6.07, 6.45) is -0.0876. The highest BCUT2D eigenvalue weighted by Gasteiger charge is 2.37. The number of carbonyl (C=O) groups is 1. The van der Waals surface area contributed by atoms with Crippen molar-refractivity contribution in [3.63, 3.8) is 0 Å². The van der Waals surface area contributed by atoms with Crippen LogP contribution in [0.4, 0.5) is 5.69 Å². The summed E-state index contributed by atoms with van der Waals surface area (Å²) >= 11 is 0. The molecular weight excluding hydrogens is 260 g/mol. The smallest absolute Gasteiger partial charge is 0.274 e. The van der Waals surface area contributed by atoms with Crippen LogP contribution in [-0.2, 0) is 11.3 Å². The van der Waals surface area contributed by atoms with Gasteiger partial charge in [0.1, 0.15) is 6.23 Å². The number of piperidine rings is 1. The summed E-state index contributed by atoms with van der Waals surface area (Å²) in [6.45, 7) is 3.92. The van der Waals surface area contributed by atoms with Crippen LogP contribution in [0.15, 0.2) is 24.3 Å². The Morgan fingerprint density at radius 3 is 2.70 bits per heavy atom. The van der Waals surface area contributed by atoms with Crippen LogP contribution in [0.1, 0.15) is 32.3 Å². The maximum atomic E-state index is 12.1. The Labute approximate surface area is 117 Å². The van der Waals surface area contributed by atoms with E-state index in [4.69, 9.17) is 0 Å². The largest absolute Gasteiger partial charge is 0.373 e. The number of hydrogen-bond donors (Lipinski definition) is 1. The molecule has 1 aliphatic rings. The first-order valence-corrected chi connectivity index (χ1v) is 6.50. The van der Waals surface area contributed by atoms with Crippen molar-refractivity contribution in [2.24, 2.45) is 5.41 Å². The molecule has 1 unspecified atom stereocenters. The molecule has 0 spiro atoms. The number of nitro groups is 1. The van der Waals surface area contributed by atoms with Crippen LogP contribution < -0.4 is 0 Å². The molecule has 1 aromatic carbocycles. The first-order valence-electron chi connectivity index (χ1n) is 6.50. The summed E-state index contributed by atoms with van der Waals surface area (Å²) in [5.41, 5.74) is 0.164. The number of hydrogen-bond acceptors (Lipinski definition) is 4. The lowest BCUT2D eigenvalue weighted by molar-refractivity contribution is -0.385. The Hall–Kier alpha value is -1.95. The van der Waals surface area contributed by atoms with E-state index in [2.05, 4.69) is 0 Å². The van der Waals surface area contributed by atoms with Gasteiger partial charge in [0.2, 0.25) is 5.91 Å². The number of nitro benzene ring substituents is 1. The zero-order valence-electron chi connectivity index (χ0n) is 11.6. The second-order valence-electron chi connectivity index (χ2n) is 5.93. The van der Waals surface area contributed by atoms with Gasteiger partial charge in [0, 0.05) is 18.1 Å². The van der Waals surface area contributed by atoms with Gasteiger partial charge in [0.25, 0.3) is 5.69 Å². The van der Waals surface area contributed by atoms with Gasteiger partial charge in [-0.15, -0.1) is 0 Å². The van der Waals surface area contributed by atoms with Crippen molar-refractivity contribution in [1.82, 2.24) is 4.90 Å². The average Bonchev–Trinajstić information content (AvgIpc) is 2.33. The maximum absolute atomic E-state index is 12.1. The van der Waals surface area contributed by atoms with Gasteiger partial charge in [0.15, 0.2) is 0 Å². The van der Waals surface area contributed by atoms with Crippen molar-refractivity contribution < 1.29 is 14.8 Å². The fraction of sp³-hybridized carbons (Fsp3) is 0.500. The van der Waals surface area contributed by atoms with Crippen molar-refractivity contribution in [2.75, 3.05) is 0 Å². The van der Waals surface area contributed by atoms with Crippen LogP contribution >= 0.6 is 0 Å². The molecule has 6 nitrogen and oxygen atoms in total. The van der Waals surface area contributed by atoms with Crippen LogP contribution in [0.3, 0.4) is 0 Å². The molecule has 20 heavy (non-hydrogen) atoms. The molecule has 1 fully saturated rings. The van der Waals surface area contributed by atoms with Crippen LogP contribution in [0.2, 0.25) is 0 Å². The van der Waals surface area contributed by atoms with Crippen molar-refractivity contribution in [1.29, 1.82) is 0 Å². The number of likely N-dealkylation sites (tertiary alicyclic amines) is 1. The number of aliphatic hydroxyl groups excluding tert-OH is 1. The highest BCUT2D eigenvalue weighted by Crippen LogP contribution is 2.35. The topological polar surface area (TPSA) is 83.7 Å². The molecule has 1 amide bonds. The molecule has 0 aliphatic carbocycles. The van der Waals surface area contributed by atoms with E-state index in [1.807, 2.05) is 13.8 Å². The fourth-order valence-corrected chi connectivity index (χ4v) is 2.55. The minimum absolute atomic E-state index is 0.0302. The van der Waals surface area contributed by atoms with Gasteiger partial charge < -0.3 is 10.0 Å². The first kappa shape index (κ1) is 14.5. The molecule has 1 aromatic rings. The van der Waals surface area contributed by atoms with E-state index in [0.717, 1.165) is 0 Å². The summed E-state index contributed by atoms with van der Waals surface area (Å²) in [4.78, 5) is 23.9. The van der Waals surface area contributed by atoms with E-state index in [9.17, 15) is 20.0 Å². The zero-order valence-corrected chi connectivity index (χ0v) is 11.6. The molecule has 2 rings (SSSR count). The number of rotatable bonds is 3. The Bertz CT molecular complexity index is 542. The van der Waals surface area contributed by atoms with E-state index in [1.54, 1.807) is 18.2 Å². The first-order chi connectivity index (χ1) is 9.30. The molecule has 1 saturated heterocycles. The molecule has 0 radical (unpaired) electrons.